The molecule has 1 aliphatic rings. The molecule has 1 aromatic rings. The Morgan fingerprint density at radius 1 is 1.22 bits per heavy atom. The number of rotatable bonds is 4. The summed E-state index contributed by atoms with van der Waals surface area (Å²) in [5.74, 6) is -0.202. The highest BCUT2D eigenvalue weighted by Crippen LogP contribution is 2.30. The maximum absolute atomic E-state index is 11.8. The van der Waals surface area contributed by atoms with Crippen molar-refractivity contribution in [1.82, 2.24) is 5.32 Å². The number of benzene rings is 1. The van der Waals surface area contributed by atoms with Gasteiger partial charge in [0.2, 0.25) is 11.8 Å². The van der Waals surface area contributed by atoms with Gasteiger partial charge in [-0.2, -0.15) is 0 Å². The lowest BCUT2D eigenvalue weighted by atomic mass is 10.1. The van der Waals surface area contributed by atoms with E-state index in [9.17, 15) is 9.59 Å². The van der Waals surface area contributed by atoms with Crippen LogP contribution in [0.4, 0.5) is 5.69 Å². The summed E-state index contributed by atoms with van der Waals surface area (Å²) in [4.78, 5) is 24.9. The smallest absolute Gasteiger partial charge is 0.234 e. The fraction of sp³-hybridized carbons (Fsp3) is 0.429. The molecular weight excluding hydrogens is 228 g/mol. The van der Waals surface area contributed by atoms with E-state index in [1.54, 1.807) is 0 Å². The Labute approximate surface area is 107 Å². The SMILES string of the molecule is CCNC(C)c1ccccc1N1C(=O)CCC1=O. The first-order chi connectivity index (χ1) is 8.65. The molecule has 96 valence electrons. The monoisotopic (exact) mass is 246 g/mol. The van der Waals surface area contributed by atoms with Crippen LogP contribution in [0.5, 0.6) is 0 Å². The summed E-state index contributed by atoms with van der Waals surface area (Å²) in [6.07, 6.45) is 0.644. The molecule has 1 heterocycles. The second-order valence-electron chi connectivity index (χ2n) is 4.46. The van der Waals surface area contributed by atoms with Crippen molar-refractivity contribution in [2.45, 2.75) is 32.7 Å². The van der Waals surface area contributed by atoms with Gasteiger partial charge in [0.25, 0.3) is 0 Å². The lowest BCUT2D eigenvalue weighted by Crippen LogP contribution is -2.31. The first kappa shape index (κ1) is 12.8. The number of carbonyl (C=O) groups excluding carboxylic acids is 2. The lowest BCUT2D eigenvalue weighted by Gasteiger charge is -2.22. The highest BCUT2D eigenvalue weighted by Gasteiger charge is 2.32. The van der Waals surface area contributed by atoms with E-state index in [2.05, 4.69) is 5.32 Å². The van der Waals surface area contributed by atoms with E-state index in [-0.39, 0.29) is 17.9 Å². The minimum atomic E-state index is -0.101. The minimum Gasteiger partial charge on any atom is -0.310 e. The summed E-state index contributed by atoms with van der Waals surface area (Å²) in [6.45, 7) is 4.91. The van der Waals surface area contributed by atoms with Gasteiger partial charge in [-0.3, -0.25) is 14.5 Å². The first-order valence-electron chi connectivity index (χ1n) is 6.33. The summed E-state index contributed by atoms with van der Waals surface area (Å²) in [7, 11) is 0. The number of nitrogens with zero attached hydrogens (tertiary/aromatic N) is 1. The summed E-state index contributed by atoms with van der Waals surface area (Å²) in [5.41, 5.74) is 1.71. The van der Waals surface area contributed by atoms with E-state index >= 15 is 0 Å². The summed E-state index contributed by atoms with van der Waals surface area (Å²) < 4.78 is 0. The van der Waals surface area contributed by atoms with Crippen molar-refractivity contribution in [2.75, 3.05) is 11.4 Å². The Kier molecular flexibility index (Phi) is 3.77. The number of para-hydroxylation sites is 1. The van der Waals surface area contributed by atoms with Crippen molar-refractivity contribution < 1.29 is 9.59 Å². The van der Waals surface area contributed by atoms with Crippen LogP contribution < -0.4 is 10.2 Å². The number of hydrogen-bond donors (Lipinski definition) is 1. The quantitative estimate of drug-likeness (QED) is 0.827. The second kappa shape index (κ2) is 5.31. The molecule has 0 aromatic heterocycles. The molecule has 1 saturated heterocycles. The van der Waals surface area contributed by atoms with Gasteiger partial charge < -0.3 is 5.32 Å². The Bertz CT molecular complexity index is 455. The molecule has 1 aromatic carbocycles. The predicted octanol–water partition coefficient (Wildman–Crippen LogP) is 2.01. The third-order valence-electron chi connectivity index (χ3n) is 3.21. The van der Waals surface area contributed by atoms with Gasteiger partial charge in [-0.05, 0) is 25.1 Å². The predicted molar refractivity (Wildman–Crippen MR) is 70.3 cm³/mol. The largest absolute Gasteiger partial charge is 0.310 e. The van der Waals surface area contributed by atoms with Gasteiger partial charge in [0, 0.05) is 18.9 Å². The minimum absolute atomic E-state index is 0.101. The fourth-order valence-corrected chi connectivity index (χ4v) is 2.32. The zero-order chi connectivity index (χ0) is 13.1. The molecule has 1 fully saturated rings. The third-order valence-corrected chi connectivity index (χ3v) is 3.21. The number of amides is 2. The van der Waals surface area contributed by atoms with Gasteiger partial charge in [-0.1, -0.05) is 25.1 Å². The van der Waals surface area contributed by atoms with E-state index in [0.717, 1.165) is 17.8 Å². The lowest BCUT2D eigenvalue weighted by molar-refractivity contribution is -0.121. The van der Waals surface area contributed by atoms with Gasteiger partial charge in [0.15, 0.2) is 0 Å². The first-order valence-corrected chi connectivity index (χ1v) is 6.33. The highest BCUT2D eigenvalue weighted by molar-refractivity contribution is 6.20. The zero-order valence-corrected chi connectivity index (χ0v) is 10.8. The average molecular weight is 246 g/mol. The van der Waals surface area contributed by atoms with Crippen LogP contribution in [0.2, 0.25) is 0 Å². The van der Waals surface area contributed by atoms with Gasteiger partial charge in [0.1, 0.15) is 0 Å². The Morgan fingerprint density at radius 2 is 1.83 bits per heavy atom. The van der Waals surface area contributed by atoms with Gasteiger partial charge in [0.05, 0.1) is 5.69 Å². The molecule has 4 nitrogen and oxygen atoms in total. The van der Waals surface area contributed by atoms with Crippen LogP contribution in [0, 0.1) is 0 Å². The number of nitrogens with one attached hydrogen (secondary N) is 1. The fourth-order valence-electron chi connectivity index (χ4n) is 2.32. The average Bonchev–Trinajstić information content (AvgIpc) is 2.69. The molecule has 2 amide bonds. The highest BCUT2D eigenvalue weighted by atomic mass is 16.2. The standard InChI is InChI=1S/C14H18N2O2/c1-3-15-10(2)11-6-4-5-7-12(11)16-13(17)8-9-14(16)18/h4-7,10,15H,3,8-9H2,1-2H3. The van der Waals surface area contributed by atoms with Gasteiger partial charge >= 0.3 is 0 Å². The van der Waals surface area contributed by atoms with E-state index in [0.29, 0.717) is 12.8 Å². The molecule has 18 heavy (non-hydrogen) atoms. The molecule has 0 radical (unpaired) electrons. The summed E-state index contributed by atoms with van der Waals surface area (Å²) in [6, 6.07) is 7.70. The topological polar surface area (TPSA) is 49.4 Å². The Hall–Kier alpha value is -1.68. The van der Waals surface area contributed by atoms with E-state index < -0.39 is 0 Å². The van der Waals surface area contributed by atoms with Crippen molar-refractivity contribution in [1.29, 1.82) is 0 Å². The van der Waals surface area contributed by atoms with E-state index in [1.165, 1.54) is 4.90 Å². The Morgan fingerprint density at radius 3 is 2.44 bits per heavy atom. The summed E-state index contributed by atoms with van der Waals surface area (Å²) >= 11 is 0. The number of anilines is 1. The number of imide groups is 1. The van der Waals surface area contributed by atoms with Crippen molar-refractivity contribution in [3.05, 3.63) is 29.8 Å². The van der Waals surface area contributed by atoms with Crippen LogP contribution in [0.15, 0.2) is 24.3 Å². The molecule has 2 rings (SSSR count). The van der Waals surface area contributed by atoms with Crippen molar-refractivity contribution in [3.8, 4) is 0 Å². The Balaban J connectivity index is 2.38. The zero-order valence-electron chi connectivity index (χ0n) is 10.8. The maximum Gasteiger partial charge on any atom is 0.234 e. The van der Waals surface area contributed by atoms with Crippen LogP contribution in [0.25, 0.3) is 0 Å². The molecular formula is C14H18N2O2. The molecule has 1 N–H and O–H groups in total. The maximum atomic E-state index is 11.8. The normalized spacial score (nSPS) is 17.3. The second-order valence-corrected chi connectivity index (χ2v) is 4.46. The van der Waals surface area contributed by atoms with Crippen LogP contribution >= 0.6 is 0 Å². The molecule has 1 aliphatic heterocycles. The molecule has 0 bridgehead atoms. The number of hydrogen-bond acceptors (Lipinski definition) is 3. The van der Waals surface area contributed by atoms with Crippen molar-refractivity contribution in [2.24, 2.45) is 0 Å². The van der Waals surface area contributed by atoms with Crippen molar-refractivity contribution >= 4 is 17.5 Å². The van der Waals surface area contributed by atoms with Gasteiger partial charge in [-0.15, -0.1) is 0 Å². The van der Waals surface area contributed by atoms with E-state index in [1.807, 2.05) is 38.1 Å². The van der Waals surface area contributed by atoms with Crippen molar-refractivity contribution in [3.63, 3.8) is 0 Å². The molecule has 1 atom stereocenters. The van der Waals surface area contributed by atoms with Crippen LogP contribution in [-0.2, 0) is 9.59 Å². The van der Waals surface area contributed by atoms with Crippen LogP contribution in [0.1, 0.15) is 38.3 Å². The third kappa shape index (κ3) is 2.29. The number of carbonyl (C=O) groups is 2. The van der Waals surface area contributed by atoms with Crippen LogP contribution in [0.3, 0.4) is 0 Å². The van der Waals surface area contributed by atoms with Crippen LogP contribution in [-0.4, -0.2) is 18.4 Å². The molecule has 4 heteroatoms. The molecule has 1 unspecified atom stereocenters. The summed E-state index contributed by atoms with van der Waals surface area (Å²) in [5, 5.41) is 3.31. The molecule has 0 spiro atoms. The van der Waals surface area contributed by atoms with E-state index in [4.69, 9.17) is 0 Å². The molecule has 0 saturated carbocycles. The van der Waals surface area contributed by atoms with Gasteiger partial charge in [-0.25, -0.2) is 0 Å². The molecule has 0 aliphatic carbocycles.